The third-order valence-electron chi connectivity index (χ3n) is 4.15. The Morgan fingerprint density at radius 1 is 1.28 bits per heavy atom. The summed E-state index contributed by atoms with van der Waals surface area (Å²) < 4.78 is 5.39. The molecule has 0 radical (unpaired) electrons. The minimum atomic E-state index is -0.421. The smallest absolute Gasteiger partial charge is 0.410 e. The van der Waals surface area contributed by atoms with Gasteiger partial charge in [-0.3, -0.25) is 0 Å². The first-order chi connectivity index (χ1) is 8.30. The van der Waals surface area contributed by atoms with Gasteiger partial charge in [-0.1, -0.05) is 0 Å². The summed E-state index contributed by atoms with van der Waals surface area (Å²) in [5.74, 6) is 0. The zero-order chi connectivity index (χ0) is 13.4. The van der Waals surface area contributed by atoms with E-state index in [0.717, 1.165) is 45.2 Å². The number of likely N-dealkylation sites (tertiary alicyclic amines) is 1. The third-order valence-corrected chi connectivity index (χ3v) is 4.15. The molecule has 0 aromatic carbocycles. The molecule has 1 N–H and O–H groups in total. The Balaban J connectivity index is 1.85. The maximum Gasteiger partial charge on any atom is 0.410 e. The van der Waals surface area contributed by atoms with Crippen LogP contribution >= 0.6 is 0 Å². The minimum absolute atomic E-state index is 0.127. The van der Waals surface area contributed by atoms with Crippen molar-refractivity contribution < 1.29 is 14.6 Å². The van der Waals surface area contributed by atoms with Crippen molar-refractivity contribution in [3.8, 4) is 0 Å². The second-order valence-electron chi connectivity index (χ2n) is 6.86. The summed E-state index contributed by atoms with van der Waals surface area (Å²) in [6, 6.07) is 0. The molecule has 1 aliphatic heterocycles. The number of nitrogens with zero attached hydrogens (tertiary/aromatic N) is 1. The van der Waals surface area contributed by atoms with Gasteiger partial charge in [-0.2, -0.15) is 0 Å². The molecule has 4 nitrogen and oxygen atoms in total. The van der Waals surface area contributed by atoms with E-state index in [9.17, 15) is 9.90 Å². The van der Waals surface area contributed by atoms with E-state index in [1.807, 2.05) is 20.8 Å². The van der Waals surface area contributed by atoms with Crippen LogP contribution < -0.4 is 0 Å². The highest BCUT2D eigenvalue weighted by Crippen LogP contribution is 2.46. The quantitative estimate of drug-likeness (QED) is 0.723. The van der Waals surface area contributed by atoms with Crippen molar-refractivity contribution in [2.75, 3.05) is 13.1 Å². The Morgan fingerprint density at radius 2 is 1.89 bits per heavy atom. The highest BCUT2D eigenvalue weighted by Gasteiger charge is 2.42. The van der Waals surface area contributed by atoms with Crippen LogP contribution in [0.5, 0.6) is 0 Å². The molecule has 0 bridgehead atoms. The molecular weight excluding hydrogens is 230 g/mol. The summed E-state index contributed by atoms with van der Waals surface area (Å²) in [5.41, 5.74) is -0.131. The lowest BCUT2D eigenvalue weighted by molar-refractivity contribution is 0.00929. The molecule has 1 atom stereocenters. The lowest BCUT2D eigenvalue weighted by Crippen LogP contribution is -2.44. The molecule has 2 rings (SSSR count). The maximum absolute atomic E-state index is 11.9. The number of hydrogen-bond donors (Lipinski definition) is 1. The van der Waals surface area contributed by atoms with Crippen LogP contribution in [0, 0.1) is 5.41 Å². The number of hydrogen-bond acceptors (Lipinski definition) is 3. The Bertz CT molecular complexity index is 313. The number of carbonyl (C=O) groups is 1. The van der Waals surface area contributed by atoms with Gasteiger partial charge in [-0.15, -0.1) is 0 Å². The first-order valence-electron chi connectivity index (χ1n) is 6.96. The molecule has 1 saturated carbocycles. The van der Waals surface area contributed by atoms with Crippen molar-refractivity contribution in [1.82, 2.24) is 4.90 Å². The molecular formula is C14H25NO3. The number of piperidine rings is 1. The van der Waals surface area contributed by atoms with E-state index in [2.05, 4.69) is 0 Å². The van der Waals surface area contributed by atoms with Gasteiger partial charge in [0, 0.05) is 13.1 Å². The number of rotatable bonds is 0. The van der Waals surface area contributed by atoms with Crippen molar-refractivity contribution >= 4 is 6.09 Å². The summed E-state index contributed by atoms with van der Waals surface area (Å²) in [4.78, 5) is 13.7. The maximum atomic E-state index is 11.9. The summed E-state index contributed by atoms with van der Waals surface area (Å²) in [7, 11) is 0. The Kier molecular flexibility index (Phi) is 3.58. The van der Waals surface area contributed by atoms with Gasteiger partial charge < -0.3 is 14.7 Å². The molecule has 1 heterocycles. The topological polar surface area (TPSA) is 49.8 Å². The van der Waals surface area contributed by atoms with Crippen LogP contribution in [0.3, 0.4) is 0 Å². The first-order valence-corrected chi connectivity index (χ1v) is 6.96. The first kappa shape index (κ1) is 13.7. The molecule has 18 heavy (non-hydrogen) atoms. The van der Waals surface area contributed by atoms with Gasteiger partial charge in [0.05, 0.1) is 6.10 Å². The molecule has 0 aromatic heterocycles. The molecule has 104 valence electrons. The fourth-order valence-corrected chi connectivity index (χ4v) is 3.12. The highest BCUT2D eigenvalue weighted by atomic mass is 16.6. The second-order valence-corrected chi connectivity index (χ2v) is 6.86. The largest absolute Gasteiger partial charge is 0.444 e. The van der Waals surface area contributed by atoms with Crippen LogP contribution in [0.2, 0.25) is 0 Å². The van der Waals surface area contributed by atoms with Crippen LogP contribution in [-0.2, 0) is 4.74 Å². The third kappa shape index (κ3) is 3.16. The molecule has 1 spiro atoms. The van der Waals surface area contributed by atoms with Crippen LogP contribution in [0.25, 0.3) is 0 Å². The van der Waals surface area contributed by atoms with Crippen molar-refractivity contribution in [1.29, 1.82) is 0 Å². The fraction of sp³-hybridized carbons (Fsp3) is 0.929. The van der Waals surface area contributed by atoms with E-state index in [0.29, 0.717) is 0 Å². The van der Waals surface area contributed by atoms with E-state index in [-0.39, 0.29) is 17.6 Å². The van der Waals surface area contributed by atoms with Crippen LogP contribution in [0.1, 0.15) is 52.9 Å². The van der Waals surface area contributed by atoms with E-state index < -0.39 is 5.60 Å². The van der Waals surface area contributed by atoms with Gasteiger partial charge in [-0.25, -0.2) is 4.79 Å². The molecule has 1 saturated heterocycles. The zero-order valence-corrected chi connectivity index (χ0v) is 11.7. The van der Waals surface area contributed by atoms with Crippen LogP contribution in [-0.4, -0.2) is 40.9 Å². The lowest BCUT2D eigenvalue weighted by Gasteiger charge is -2.39. The summed E-state index contributed by atoms with van der Waals surface area (Å²) in [6.07, 6.45) is 4.62. The molecule has 2 fully saturated rings. The number of amides is 1. The van der Waals surface area contributed by atoms with E-state index in [4.69, 9.17) is 4.74 Å². The molecule has 1 amide bonds. The van der Waals surface area contributed by atoms with Crippen LogP contribution in [0.15, 0.2) is 0 Å². The molecule has 2 aliphatic rings. The Morgan fingerprint density at radius 3 is 2.33 bits per heavy atom. The monoisotopic (exact) mass is 255 g/mol. The minimum Gasteiger partial charge on any atom is -0.444 e. The van der Waals surface area contributed by atoms with Crippen molar-refractivity contribution in [3.05, 3.63) is 0 Å². The van der Waals surface area contributed by atoms with Gasteiger partial charge in [0.2, 0.25) is 0 Å². The molecule has 0 aromatic rings. The van der Waals surface area contributed by atoms with Gasteiger partial charge in [0.15, 0.2) is 0 Å². The highest BCUT2D eigenvalue weighted by molar-refractivity contribution is 5.68. The van der Waals surface area contributed by atoms with Gasteiger partial charge in [-0.05, 0) is 58.3 Å². The number of carbonyl (C=O) groups excluding carboxylic acids is 1. The molecule has 0 unspecified atom stereocenters. The van der Waals surface area contributed by atoms with Crippen molar-refractivity contribution in [2.24, 2.45) is 5.41 Å². The molecule has 1 aliphatic carbocycles. The fourth-order valence-electron chi connectivity index (χ4n) is 3.12. The predicted molar refractivity (Wildman–Crippen MR) is 69.3 cm³/mol. The van der Waals surface area contributed by atoms with Crippen molar-refractivity contribution in [2.45, 2.75) is 64.6 Å². The standard InChI is InChI=1S/C14H25NO3/c1-13(2,3)18-12(17)15-8-6-14(7-9-15)5-4-11(16)10-14/h11,16H,4-10H2,1-3H3/t11-/m1/s1. The Labute approximate surface area is 109 Å². The number of aliphatic hydroxyl groups excluding tert-OH is 1. The summed E-state index contributed by atoms with van der Waals surface area (Å²) in [5, 5.41) is 9.67. The van der Waals surface area contributed by atoms with E-state index in [1.165, 1.54) is 0 Å². The summed E-state index contributed by atoms with van der Waals surface area (Å²) >= 11 is 0. The van der Waals surface area contributed by atoms with Crippen LogP contribution in [0.4, 0.5) is 4.79 Å². The summed E-state index contributed by atoms with van der Waals surface area (Å²) in [6.45, 7) is 7.21. The van der Waals surface area contributed by atoms with Gasteiger partial charge in [0.1, 0.15) is 5.60 Å². The van der Waals surface area contributed by atoms with Gasteiger partial charge >= 0.3 is 6.09 Å². The average Bonchev–Trinajstić information content (AvgIpc) is 2.58. The predicted octanol–water partition coefficient (Wildman–Crippen LogP) is 2.55. The van der Waals surface area contributed by atoms with Crippen molar-refractivity contribution in [3.63, 3.8) is 0 Å². The Hall–Kier alpha value is -0.770. The van der Waals surface area contributed by atoms with E-state index >= 15 is 0 Å². The second kappa shape index (κ2) is 4.72. The lowest BCUT2D eigenvalue weighted by atomic mass is 9.77. The normalized spacial score (nSPS) is 27.6. The van der Waals surface area contributed by atoms with Gasteiger partial charge in [0.25, 0.3) is 0 Å². The van der Waals surface area contributed by atoms with E-state index in [1.54, 1.807) is 4.90 Å². The number of aliphatic hydroxyl groups is 1. The molecule has 4 heteroatoms. The SMILES string of the molecule is CC(C)(C)OC(=O)N1CCC2(CC[C@@H](O)C2)CC1. The zero-order valence-electron chi connectivity index (χ0n) is 11.7. The average molecular weight is 255 g/mol. The number of ether oxygens (including phenoxy) is 1.